The molecule has 1 aromatic carbocycles. The van der Waals surface area contributed by atoms with Crippen molar-refractivity contribution in [2.24, 2.45) is 5.92 Å². The highest BCUT2D eigenvalue weighted by Gasteiger charge is 2.34. The highest BCUT2D eigenvalue weighted by Crippen LogP contribution is 2.31. The molecule has 0 spiro atoms. The Hall–Kier alpha value is -2.36. The fourth-order valence-corrected chi connectivity index (χ4v) is 3.93. The summed E-state index contributed by atoms with van der Waals surface area (Å²) in [6.45, 7) is 0.742. The summed E-state index contributed by atoms with van der Waals surface area (Å²) in [6, 6.07) is 13.7. The summed E-state index contributed by atoms with van der Waals surface area (Å²) in [4.78, 5) is 19.5. The molecule has 0 N–H and O–H groups in total. The number of benzene rings is 1. The van der Waals surface area contributed by atoms with E-state index in [1.165, 1.54) is 32.1 Å². The van der Waals surface area contributed by atoms with Crippen LogP contribution >= 0.6 is 0 Å². The summed E-state index contributed by atoms with van der Waals surface area (Å²) in [7, 11) is 0. The zero-order valence-electron chi connectivity index (χ0n) is 14.4. The largest absolute Gasteiger partial charge is 0.480 e. The summed E-state index contributed by atoms with van der Waals surface area (Å²) in [5.74, 6) is 2.15. The molecule has 4 heteroatoms. The van der Waals surface area contributed by atoms with Crippen molar-refractivity contribution in [1.82, 2.24) is 4.98 Å². The van der Waals surface area contributed by atoms with Crippen LogP contribution in [0.4, 0.5) is 5.82 Å². The fourth-order valence-electron chi connectivity index (χ4n) is 3.93. The third kappa shape index (κ3) is 3.53. The molecule has 0 bridgehead atoms. The molecule has 25 heavy (non-hydrogen) atoms. The van der Waals surface area contributed by atoms with Crippen molar-refractivity contribution in [2.45, 2.75) is 44.6 Å². The Bertz CT molecular complexity index is 701. The highest BCUT2D eigenvalue weighted by molar-refractivity contribution is 5.96. The van der Waals surface area contributed by atoms with E-state index in [0.29, 0.717) is 12.3 Å². The molecule has 1 aliphatic heterocycles. The van der Waals surface area contributed by atoms with Crippen molar-refractivity contribution in [3.05, 3.63) is 54.2 Å². The molecule has 1 atom stereocenters. The summed E-state index contributed by atoms with van der Waals surface area (Å²) in [5.41, 5.74) is 1.11. The second-order valence-electron chi connectivity index (χ2n) is 7.06. The Balaban J connectivity index is 1.54. The van der Waals surface area contributed by atoms with Crippen molar-refractivity contribution < 1.29 is 9.53 Å². The van der Waals surface area contributed by atoms with Crippen molar-refractivity contribution in [3.63, 3.8) is 0 Å². The fraction of sp³-hybridized carbons (Fsp3) is 0.429. The lowest BCUT2D eigenvalue weighted by atomic mass is 9.89. The number of carbonyl (C=O) groups is 1. The molecule has 1 unspecified atom stereocenters. The van der Waals surface area contributed by atoms with Crippen LogP contribution in [0.3, 0.4) is 0 Å². The molecular weight excluding hydrogens is 312 g/mol. The van der Waals surface area contributed by atoms with Crippen molar-refractivity contribution in [3.8, 4) is 5.75 Å². The molecule has 2 heterocycles. The van der Waals surface area contributed by atoms with Crippen LogP contribution in [-0.2, 0) is 11.2 Å². The van der Waals surface area contributed by atoms with Gasteiger partial charge in [-0.25, -0.2) is 4.98 Å². The van der Waals surface area contributed by atoms with Gasteiger partial charge in [0, 0.05) is 19.2 Å². The van der Waals surface area contributed by atoms with Crippen LogP contribution in [0.2, 0.25) is 0 Å². The monoisotopic (exact) mass is 336 g/mol. The molecule has 4 nitrogen and oxygen atoms in total. The average molecular weight is 336 g/mol. The number of pyridine rings is 1. The molecule has 0 saturated heterocycles. The molecule has 2 aromatic rings. The maximum atomic E-state index is 13.2. The Morgan fingerprint density at radius 3 is 2.64 bits per heavy atom. The van der Waals surface area contributed by atoms with Gasteiger partial charge in [-0.3, -0.25) is 9.69 Å². The topological polar surface area (TPSA) is 42.4 Å². The van der Waals surface area contributed by atoms with Crippen molar-refractivity contribution in [1.29, 1.82) is 0 Å². The molecule has 1 saturated carbocycles. The van der Waals surface area contributed by atoms with E-state index in [1.807, 2.05) is 47.4 Å². The third-order valence-corrected chi connectivity index (χ3v) is 5.28. The van der Waals surface area contributed by atoms with Crippen LogP contribution in [0.25, 0.3) is 0 Å². The van der Waals surface area contributed by atoms with Crippen molar-refractivity contribution >= 4 is 11.7 Å². The van der Waals surface area contributed by atoms with Gasteiger partial charge in [0.2, 0.25) is 0 Å². The predicted octanol–water partition coefficient (Wildman–Crippen LogP) is 4.00. The third-order valence-electron chi connectivity index (χ3n) is 5.28. The Kier molecular flexibility index (Phi) is 4.68. The summed E-state index contributed by atoms with van der Waals surface area (Å²) >= 11 is 0. The number of ether oxygens (including phenoxy) is 1. The van der Waals surface area contributed by atoms with Gasteiger partial charge in [-0.2, -0.15) is 0 Å². The molecule has 1 amide bonds. The molecule has 0 radical (unpaired) electrons. The van der Waals surface area contributed by atoms with Crippen LogP contribution in [-0.4, -0.2) is 23.5 Å². The second-order valence-corrected chi connectivity index (χ2v) is 7.06. The molecular formula is C21H24N2O2. The van der Waals surface area contributed by atoms with Gasteiger partial charge >= 0.3 is 0 Å². The first kappa shape index (κ1) is 16.1. The van der Waals surface area contributed by atoms with E-state index in [0.717, 1.165) is 23.7 Å². The standard InChI is InChI=1S/C21H24N2O2/c24-21(19-14-17-10-4-5-11-18(17)25-19)23(20-12-6-7-13-22-20)15-16-8-2-1-3-9-16/h4-7,10-13,16,19H,1-3,8-9,14-15H2. The molecule has 1 fully saturated rings. The van der Waals surface area contributed by atoms with Crippen LogP contribution in [0.5, 0.6) is 5.75 Å². The minimum absolute atomic E-state index is 0.0282. The molecule has 1 aromatic heterocycles. The normalized spacial score (nSPS) is 19.9. The smallest absolute Gasteiger partial charge is 0.269 e. The molecule has 2 aliphatic rings. The second kappa shape index (κ2) is 7.26. The maximum absolute atomic E-state index is 13.2. The minimum Gasteiger partial charge on any atom is -0.480 e. The lowest BCUT2D eigenvalue weighted by Gasteiger charge is -2.30. The van der Waals surface area contributed by atoms with E-state index in [4.69, 9.17) is 4.74 Å². The zero-order chi connectivity index (χ0) is 17.1. The summed E-state index contributed by atoms with van der Waals surface area (Å²) in [5, 5.41) is 0. The first-order chi connectivity index (χ1) is 12.3. The first-order valence-corrected chi connectivity index (χ1v) is 9.28. The molecule has 4 rings (SSSR count). The first-order valence-electron chi connectivity index (χ1n) is 9.28. The average Bonchev–Trinajstić information content (AvgIpc) is 3.11. The van der Waals surface area contributed by atoms with Gasteiger partial charge in [-0.05, 0) is 42.5 Å². The lowest BCUT2D eigenvalue weighted by molar-refractivity contribution is -0.124. The number of amides is 1. The van der Waals surface area contributed by atoms with Gasteiger partial charge in [0.05, 0.1) is 0 Å². The van der Waals surface area contributed by atoms with Crippen LogP contribution in [0, 0.1) is 5.92 Å². The Morgan fingerprint density at radius 1 is 1.08 bits per heavy atom. The van der Waals surface area contributed by atoms with Crippen LogP contribution in [0.15, 0.2) is 48.7 Å². The summed E-state index contributed by atoms with van der Waals surface area (Å²) in [6.07, 6.45) is 8.19. The zero-order valence-corrected chi connectivity index (χ0v) is 14.4. The Morgan fingerprint density at radius 2 is 1.88 bits per heavy atom. The predicted molar refractivity (Wildman–Crippen MR) is 97.7 cm³/mol. The number of fused-ring (bicyclic) bond motifs is 1. The van der Waals surface area contributed by atoms with Crippen molar-refractivity contribution in [2.75, 3.05) is 11.4 Å². The lowest BCUT2D eigenvalue weighted by Crippen LogP contribution is -2.44. The number of anilines is 1. The van der Waals surface area contributed by atoms with E-state index >= 15 is 0 Å². The van der Waals surface area contributed by atoms with E-state index in [9.17, 15) is 4.79 Å². The van der Waals surface area contributed by atoms with E-state index in [2.05, 4.69) is 4.98 Å². The number of rotatable bonds is 4. The van der Waals surface area contributed by atoms with Gasteiger partial charge in [0.25, 0.3) is 5.91 Å². The molecule has 130 valence electrons. The number of para-hydroxylation sites is 1. The van der Waals surface area contributed by atoms with Crippen LogP contribution < -0.4 is 9.64 Å². The van der Waals surface area contributed by atoms with E-state index < -0.39 is 6.10 Å². The summed E-state index contributed by atoms with van der Waals surface area (Å²) < 4.78 is 5.94. The Labute approximate surface area is 148 Å². The van der Waals surface area contributed by atoms with Gasteiger partial charge in [0.1, 0.15) is 11.6 Å². The number of carbonyl (C=O) groups excluding carboxylic acids is 1. The maximum Gasteiger partial charge on any atom is 0.269 e. The molecule has 1 aliphatic carbocycles. The van der Waals surface area contributed by atoms with Crippen LogP contribution in [0.1, 0.15) is 37.7 Å². The quantitative estimate of drug-likeness (QED) is 0.847. The van der Waals surface area contributed by atoms with E-state index in [-0.39, 0.29) is 5.91 Å². The number of hydrogen-bond donors (Lipinski definition) is 0. The van der Waals surface area contributed by atoms with E-state index in [1.54, 1.807) is 6.20 Å². The SMILES string of the molecule is O=C(C1Cc2ccccc2O1)N(CC1CCCCC1)c1ccccn1. The van der Waals surface area contributed by atoms with Gasteiger partial charge in [-0.1, -0.05) is 43.5 Å². The number of aromatic nitrogens is 1. The number of nitrogens with zero attached hydrogens (tertiary/aromatic N) is 2. The highest BCUT2D eigenvalue weighted by atomic mass is 16.5. The van der Waals surface area contributed by atoms with Gasteiger partial charge < -0.3 is 4.74 Å². The van der Waals surface area contributed by atoms with Gasteiger partial charge in [0.15, 0.2) is 6.10 Å². The number of hydrogen-bond acceptors (Lipinski definition) is 3. The van der Waals surface area contributed by atoms with Gasteiger partial charge in [-0.15, -0.1) is 0 Å². The minimum atomic E-state index is -0.442.